The number of halogens is 2. The average molecular weight is 485 g/mol. The standard InChI is InChI=1S/C25H26F2N4O4/c1-24(2,3)16-5-8-19(28-12-16)25(26,27)23(35)29-11-14-4-6-17-15(10-14)13-31(22(17)34)18-7-9-20(32)30-21(18)33/h4-6,8,10,12,18H,7,9,11,13H2,1-3H3,(H,29,35)(H,30,32,33). The minimum absolute atomic E-state index is 0.149. The maximum atomic E-state index is 14.7. The molecule has 0 aliphatic carbocycles. The average Bonchev–Trinajstić information content (AvgIpc) is 3.12. The van der Waals surface area contributed by atoms with Crippen molar-refractivity contribution in [3.8, 4) is 0 Å². The van der Waals surface area contributed by atoms with Crippen molar-refractivity contribution >= 4 is 23.6 Å². The van der Waals surface area contributed by atoms with E-state index >= 15 is 0 Å². The fourth-order valence-electron chi connectivity index (χ4n) is 4.17. The van der Waals surface area contributed by atoms with Gasteiger partial charge < -0.3 is 10.2 Å². The van der Waals surface area contributed by atoms with Gasteiger partial charge in [-0.2, -0.15) is 8.78 Å². The van der Waals surface area contributed by atoms with Crippen LogP contribution in [-0.2, 0) is 38.8 Å². The number of pyridine rings is 1. The number of piperidine rings is 1. The molecule has 184 valence electrons. The van der Waals surface area contributed by atoms with Crippen molar-refractivity contribution in [2.75, 3.05) is 0 Å². The summed E-state index contributed by atoms with van der Waals surface area (Å²) in [5.74, 6) is -6.51. The molecule has 2 aromatic rings. The largest absolute Gasteiger partial charge is 0.366 e. The maximum absolute atomic E-state index is 14.7. The summed E-state index contributed by atoms with van der Waals surface area (Å²) in [7, 11) is 0. The molecule has 1 atom stereocenters. The van der Waals surface area contributed by atoms with Gasteiger partial charge in [0.2, 0.25) is 11.8 Å². The number of hydrogen-bond acceptors (Lipinski definition) is 5. The van der Waals surface area contributed by atoms with Crippen LogP contribution >= 0.6 is 0 Å². The lowest BCUT2D eigenvalue weighted by Crippen LogP contribution is -2.52. The molecule has 1 saturated heterocycles. The molecule has 10 heteroatoms. The number of nitrogens with one attached hydrogen (secondary N) is 2. The molecule has 0 saturated carbocycles. The van der Waals surface area contributed by atoms with Crippen molar-refractivity contribution in [3.63, 3.8) is 0 Å². The van der Waals surface area contributed by atoms with E-state index in [0.717, 1.165) is 11.6 Å². The molecule has 2 aliphatic heterocycles. The van der Waals surface area contributed by atoms with Crippen LogP contribution in [0.1, 0.15) is 66.4 Å². The van der Waals surface area contributed by atoms with Gasteiger partial charge >= 0.3 is 5.92 Å². The van der Waals surface area contributed by atoms with E-state index in [1.807, 2.05) is 20.8 Å². The quantitative estimate of drug-likeness (QED) is 0.634. The van der Waals surface area contributed by atoms with Gasteiger partial charge in [-0.3, -0.25) is 29.5 Å². The Morgan fingerprint density at radius 1 is 1.17 bits per heavy atom. The molecule has 2 N–H and O–H groups in total. The predicted octanol–water partition coefficient (Wildman–Crippen LogP) is 2.55. The van der Waals surface area contributed by atoms with Crippen molar-refractivity contribution in [2.45, 2.75) is 64.1 Å². The highest BCUT2D eigenvalue weighted by Crippen LogP contribution is 2.30. The summed E-state index contributed by atoms with van der Waals surface area (Å²) in [4.78, 5) is 53.8. The molecule has 4 amide bonds. The lowest BCUT2D eigenvalue weighted by molar-refractivity contribution is -0.147. The molecule has 0 spiro atoms. The van der Waals surface area contributed by atoms with Gasteiger partial charge in [-0.15, -0.1) is 0 Å². The molecule has 1 aromatic carbocycles. The lowest BCUT2D eigenvalue weighted by atomic mass is 9.88. The minimum atomic E-state index is -3.81. The third kappa shape index (κ3) is 4.78. The van der Waals surface area contributed by atoms with E-state index in [-0.39, 0.29) is 43.2 Å². The van der Waals surface area contributed by atoms with Gasteiger partial charge in [-0.05, 0) is 40.7 Å². The van der Waals surface area contributed by atoms with E-state index in [2.05, 4.69) is 15.6 Å². The second-order valence-corrected chi connectivity index (χ2v) is 9.83. The Labute approximate surface area is 201 Å². The maximum Gasteiger partial charge on any atom is 0.366 e. The first-order valence-electron chi connectivity index (χ1n) is 11.3. The second kappa shape index (κ2) is 8.83. The summed E-state index contributed by atoms with van der Waals surface area (Å²) in [6.07, 6.45) is 1.74. The molecule has 8 nitrogen and oxygen atoms in total. The normalized spacial score (nSPS) is 18.4. The first-order chi connectivity index (χ1) is 16.4. The Morgan fingerprint density at radius 3 is 2.54 bits per heavy atom. The van der Waals surface area contributed by atoms with E-state index in [9.17, 15) is 28.0 Å². The number of alkyl halides is 2. The molecule has 4 rings (SSSR count). The van der Waals surface area contributed by atoms with Gasteiger partial charge in [0.05, 0.1) is 0 Å². The summed E-state index contributed by atoms with van der Waals surface area (Å²) in [6, 6.07) is 6.72. The van der Waals surface area contributed by atoms with E-state index in [1.54, 1.807) is 18.2 Å². The lowest BCUT2D eigenvalue weighted by Gasteiger charge is -2.29. The first-order valence-corrected chi connectivity index (χ1v) is 11.3. The molecule has 2 aliphatic rings. The molecule has 0 bridgehead atoms. The zero-order valence-corrected chi connectivity index (χ0v) is 19.7. The highest BCUT2D eigenvalue weighted by Gasteiger charge is 2.43. The van der Waals surface area contributed by atoms with Crippen molar-refractivity contribution < 1.29 is 28.0 Å². The van der Waals surface area contributed by atoms with E-state index in [1.165, 1.54) is 17.2 Å². The van der Waals surface area contributed by atoms with Crippen LogP contribution in [0.2, 0.25) is 0 Å². The predicted molar refractivity (Wildman–Crippen MR) is 121 cm³/mol. The number of aromatic nitrogens is 1. The van der Waals surface area contributed by atoms with Crippen molar-refractivity contribution in [3.05, 3.63) is 64.5 Å². The van der Waals surface area contributed by atoms with Crippen LogP contribution in [-0.4, -0.2) is 39.6 Å². The second-order valence-electron chi connectivity index (χ2n) is 9.83. The number of hydrogen-bond donors (Lipinski definition) is 2. The van der Waals surface area contributed by atoms with Crippen LogP contribution in [0.25, 0.3) is 0 Å². The monoisotopic (exact) mass is 484 g/mol. The smallest absolute Gasteiger partial charge is 0.346 e. The van der Waals surface area contributed by atoms with E-state index < -0.39 is 29.5 Å². The van der Waals surface area contributed by atoms with Crippen LogP contribution in [0.5, 0.6) is 0 Å². The van der Waals surface area contributed by atoms with Gasteiger partial charge in [0.1, 0.15) is 11.7 Å². The van der Waals surface area contributed by atoms with Crippen LogP contribution in [0.3, 0.4) is 0 Å². The number of imide groups is 1. The van der Waals surface area contributed by atoms with Gasteiger partial charge in [-0.1, -0.05) is 39.0 Å². The topological polar surface area (TPSA) is 108 Å². The summed E-state index contributed by atoms with van der Waals surface area (Å²) in [6.45, 7) is 5.78. The van der Waals surface area contributed by atoms with E-state index in [0.29, 0.717) is 16.7 Å². The Kier molecular flexibility index (Phi) is 6.16. The van der Waals surface area contributed by atoms with Crippen LogP contribution in [0.15, 0.2) is 36.5 Å². The molecule has 1 unspecified atom stereocenters. The van der Waals surface area contributed by atoms with Crippen LogP contribution < -0.4 is 10.6 Å². The highest BCUT2D eigenvalue weighted by molar-refractivity contribution is 6.05. The van der Waals surface area contributed by atoms with Crippen LogP contribution in [0, 0.1) is 0 Å². The first kappa shape index (κ1) is 24.4. The molecular formula is C25H26F2N4O4. The summed E-state index contributed by atoms with van der Waals surface area (Å²) >= 11 is 0. The molecule has 35 heavy (non-hydrogen) atoms. The third-order valence-corrected chi connectivity index (χ3v) is 6.28. The molecule has 3 heterocycles. The number of fused-ring (bicyclic) bond motifs is 1. The van der Waals surface area contributed by atoms with Gasteiger partial charge in [-0.25, -0.2) is 0 Å². The summed E-state index contributed by atoms with van der Waals surface area (Å²) < 4.78 is 29.4. The summed E-state index contributed by atoms with van der Waals surface area (Å²) in [5.41, 5.74) is 1.43. The van der Waals surface area contributed by atoms with Gasteiger partial charge in [0.25, 0.3) is 11.8 Å². The Balaban J connectivity index is 1.42. The number of carbonyl (C=O) groups excluding carboxylic acids is 4. The van der Waals surface area contributed by atoms with Gasteiger partial charge in [0, 0.05) is 31.3 Å². The third-order valence-electron chi connectivity index (χ3n) is 6.28. The number of amides is 4. The number of benzene rings is 1. The molecule has 1 fully saturated rings. The fraction of sp³-hybridized carbons (Fsp3) is 0.400. The number of carbonyl (C=O) groups is 4. The molecule has 0 radical (unpaired) electrons. The Hall–Kier alpha value is -3.69. The van der Waals surface area contributed by atoms with Crippen molar-refractivity contribution in [1.29, 1.82) is 0 Å². The zero-order valence-electron chi connectivity index (χ0n) is 19.7. The van der Waals surface area contributed by atoms with E-state index in [4.69, 9.17) is 0 Å². The zero-order chi connectivity index (χ0) is 25.5. The Morgan fingerprint density at radius 2 is 1.91 bits per heavy atom. The molecular weight excluding hydrogens is 458 g/mol. The SMILES string of the molecule is CC(C)(C)c1ccc(C(F)(F)C(=O)NCc2ccc3c(c2)CN(C2CCC(=O)NC2=O)C3=O)nc1. The number of nitrogens with zero attached hydrogens (tertiary/aromatic N) is 2. The van der Waals surface area contributed by atoms with Crippen LogP contribution in [0.4, 0.5) is 8.78 Å². The Bertz CT molecular complexity index is 1200. The minimum Gasteiger partial charge on any atom is -0.346 e. The number of rotatable bonds is 5. The fourth-order valence-corrected chi connectivity index (χ4v) is 4.17. The van der Waals surface area contributed by atoms with Crippen molar-refractivity contribution in [1.82, 2.24) is 20.5 Å². The van der Waals surface area contributed by atoms with Gasteiger partial charge in [0.15, 0.2) is 0 Å². The molecule has 1 aromatic heterocycles. The van der Waals surface area contributed by atoms with Crippen molar-refractivity contribution in [2.24, 2.45) is 0 Å². The summed E-state index contributed by atoms with van der Waals surface area (Å²) in [5, 5.41) is 4.48. The highest BCUT2D eigenvalue weighted by atomic mass is 19.3.